The molecule has 0 bridgehead atoms. The van der Waals surface area contributed by atoms with E-state index in [1.54, 1.807) is 4.90 Å². The fourth-order valence-corrected chi connectivity index (χ4v) is 2.14. The number of urea groups is 1. The van der Waals surface area contributed by atoms with Crippen LogP contribution in [0.3, 0.4) is 0 Å². The highest BCUT2D eigenvalue weighted by atomic mass is 16.2. The first-order chi connectivity index (χ1) is 8.72. The number of benzene rings is 1. The van der Waals surface area contributed by atoms with Crippen molar-refractivity contribution in [1.82, 2.24) is 4.90 Å². The number of carbonyl (C=O) groups excluding carboxylic acids is 1. The van der Waals surface area contributed by atoms with Crippen molar-refractivity contribution in [3.63, 3.8) is 0 Å². The van der Waals surface area contributed by atoms with Gasteiger partial charge in [-0.3, -0.25) is 4.90 Å². The minimum absolute atomic E-state index is 0.174. The van der Waals surface area contributed by atoms with E-state index in [1.807, 2.05) is 44.3 Å². The number of nitrogens with zero attached hydrogens (tertiary/aromatic N) is 3. The molecule has 1 saturated heterocycles. The van der Waals surface area contributed by atoms with E-state index in [1.165, 1.54) is 0 Å². The maximum Gasteiger partial charge on any atom is 0.349 e. The molecule has 4 nitrogen and oxygen atoms in total. The minimum atomic E-state index is -0.174. The molecule has 1 aliphatic rings. The number of carbonyl (C=O) groups is 1. The fraction of sp³-hybridized carbons (Fsp3) is 0.429. The van der Waals surface area contributed by atoms with Crippen molar-refractivity contribution in [2.75, 3.05) is 25.0 Å². The molecule has 1 aromatic carbocycles. The second-order valence-electron chi connectivity index (χ2n) is 4.42. The predicted molar refractivity (Wildman–Crippen MR) is 74.2 cm³/mol. The summed E-state index contributed by atoms with van der Waals surface area (Å²) in [7, 11) is 1.98. The Labute approximate surface area is 108 Å². The summed E-state index contributed by atoms with van der Waals surface area (Å²) in [5.41, 5.74) is 0.898. The van der Waals surface area contributed by atoms with E-state index in [0.717, 1.165) is 30.9 Å². The lowest BCUT2D eigenvalue weighted by Crippen LogP contribution is -2.30. The molecule has 0 saturated carbocycles. The standard InChI is InChI=1S/C14H19N3O/c1-3-17(12-8-5-4-6-9-12)14(18)15-13-10-7-11-16(13)2/h4-6,8-9H,3,7,10-11H2,1-2H3. The molecule has 0 unspecified atom stereocenters. The number of hydrogen-bond acceptors (Lipinski definition) is 1. The van der Waals surface area contributed by atoms with E-state index in [0.29, 0.717) is 6.54 Å². The van der Waals surface area contributed by atoms with Gasteiger partial charge in [-0.2, -0.15) is 4.99 Å². The summed E-state index contributed by atoms with van der Waals surface area (Å²) in [5.74, 6) is 0.898. The smallest absolute Gasteiger partial charge is 0.349 e. The van der Waals surface area contributed by atoms with Gasteiger partial charge in [0.1, 0.15) is 5.84 Å². The van der Waals surface area contributed by atoms with Crippen molar-refractivity contribution < 1.29 is 4.79 Å². The highest BCUT2D eigenvalue weighted by molar-refractivity contribution is 6.01. The first kappa shape index (κ1) is 12.6. The Morgan fingerprint density at radius 2 is 2.11 bits per heavy atom. The molecule has 2 amide bonds. The zero-order chi connectivity index (χ0) is 13.0. The van der Waals surface area contributed by atoms with Crippen LogP contribution in [0.2, 0.25) is 0 Å². The molecule has 96 valence electrons. The SMILES string of the molecule is CCN(C(=O)N=C1CCCN1C)c1ccccc1. The van der Waals surface area contributed by atoms with Crippen LogP contribution in [-0.4, -0.2) is 36.9 Å². The molecular weight excluding hydrogens is 226 g/mol. The molecule has 1 aromatic rings. The molecule has 18 heavy (non-hydrogen) atoms. The Morgan fingerprint density at radius 3 is 2.67 bits per heavy atom. The lowest BCUT2D eigenvalue weighted by atomic mass is 10.3. The summed E-state index contributed by atoms with van der Waals surface area (Å²) < 4.78 is 0. The van der Waals surface area contributed by atoms with Crippen LogP contribution in [0.25, 0.3) is 0 Å². The zero-order valence-corrected chi connectivity index (χ0v) is 11.0. The molecule has 1 fully saturated rings. The predicted octanol–water partition coefficient (Wildman–Crippen LogP) is 2.76. The molecule has 0 aliphatic carbocycles. The number of likely N-dealkylation sites (tertiary alicyclic amines) is 1. The van der Waals surface area contributed by atoms with Crippen molar-refractivity contribution in [2.24, 2.45) is 4.99 Å². The van der Waals surface area contributed by atoms with Crippen molar-refractivity contribution >= 4 is 17.6 Å². The summed E-state index contributed by atoms with van der Waals surface area (Å²) in [6.07, 6.45) is 1.98. The number of anilines is 1. The van der Waals surface area contributed by atoms with Crippen molar-refractivity contribution in [3.05, 3.63) is 30.3 Å². The van der Waals surface area contributed by atoms with Gasteiger partial charge >= 0.3 is 6.03 Å². The monoisotopic (exact) mass is 245 g/mol. The molecule has 4 heteroatoms. The van der Waals surface area contributed by atoms with Crippen molar-refractivity contribution in [2.45, 2.75) is 19.8 Å². The maximum absolute atomic E-state index is 12.2. The maximum atomic E-state index is 12.2. The van der Waals surface area contributed by atoms with Crippen LogP contribution in [0.5, 0.6) is 0 Å². The van der Waals surface area contributed by atoms with Gasteiger partial charge in [0, 0.05) is 32.2 Å². The van der Waals surface area contributed by atoms with Gasteiger partial charge < -0.3 is 4.90 Å². The van der Waals surface area contributed by atoms with Gasteiger partial charge in [0.25, 0.3) is 0 Å². The van der Waals surface area contributed by atoms with Crippen LogP contribution in [0.4, 0.5) is 10.5 Å². The topological polar surface area (TPSA) is 35.9 Å². The van der Waals surface area contributed by atoms with Gasteiger partial charge in [0.15, 0.2) is 0 Å². The largest absolute Gasteiger partial charge is 0.363 e. The van der Waals surface area contributed by atoms with Crippen LogP contribution < -0.4 is 4.90 Å². The molecular formula is C14H19N3O. The van der Waals surface area contributed by atoms with Crippen LogP contribution in [-0.2, 0) is 0 Å². The summed E-state index contributed by atoms with van der Waals surface area (Å²) in [6.45, 7) is 3.58. The molecule has 0 spiro atoms. The molecule has 0 radical (unpaired) electrons. The third-order valence-electron chi connectivity index (χ3n) is 3.17. The summed E-state index contributed by atoms with van der Waals surface area (Å²) in [6, 6.07) is 9.49. The molecule has 1 heterocycles. The minimum Gasteiger partial charge on any atom is -0.363 e. The van der Waals surface area contributed by atoms with E-state index in [-0.39, 0.29) is 6.03 Å². The number of amides is 2. The average Bonchev–Trinajstić information content (AvgIpc) is 2.77. The molecule has 2 rings (SSSR count). The second kappa shape index (κ2) is 5.67. The Bertz CT molecular complexity index is 442. The summed E-state index contributed by atoms with van der Waals surface area (Å²) in [4.78, 5) is 20.2. The first-order valence-corrected chi connectivity index (χ1v) is 6.37. The third-order valence-corrected chi connectivity index (χ3v) is 3.17. The van der Waals surface area contributed by atoms with Gasteiger partial charge in [0.2, 0.25) is 0 Å². The number of amidine groups is 1. The van der Waals surface area contributed by atoms with Crippen LogP contribution in [0.15, 0.2) is 35.3 Å². The van der Waals surface area contributed by atoms with Crippen molar-refractivity contribution in [1.29, 1.82) is 0 Å². The first-order valence-electron chi connectivity index (χ1n) is 6.37. The van der Waals surface area contributed by atoms with E-state index in [4.69, 9.17) is 0 Å². The van der Waals surface area contributed by atoms with E-state index in [9.17, 15) is 4.79 Å². The lowest BCUT2D eigenvalue weighted by molar-refractivity contribution is 0.254. The van der Waals surface area contributed by atoms with Crippen LogP contribution in [0.1, 0.15) is 19.8 Å². The van der Waals surface area contributed by atoms with E-state index < -0.39 is 0 Å². The number of rotatable bonds is 2. The average molecular weight is 245 g/mol. The summed E-state index contributed by atoms with van der Waals surface area (Å²) >= 11 is 0. The van der Waals surface area contributed by atoms with Gasteiger partial charge in [0.05, 0.1) is 0 Å². The Kier molecular flexibility index (Phi) is 3.97. The molecule has 0 aromatic heterocycles. The number of para-hydroxylation sites is 1. The van der Waals surface area contributed by atoms with Crippen LogP contribution in [0, 0.1) is 0 Å². The van der Waals surface area contributed by atoms with Crippen molar-refractivity contribution in [3.8, 4) is 0 Å². The van der Waals surface area contributed by atoms with Gasteiger partial charge in [-0.05, 0) is 25.5 Å². The highest BCUT2D eigenvalue weighted by Crippen LogP contribution is 2.16. The molecule has 1 aliphatic heterocycles. The fourth-order valence-electron chi connectivity index (χ4n) is 2.14. The molecule has 0 N–H and O–H groups in total. The number of aliphatic imine (C=N–C) groups is 1. The quantitative estimate of drug-likeness (QED) is 0.803. The van der Waals surface area contributed by atoms with E-state index in [2.05, 4.69) is 9.89 Å². The Hall–Kier alpha value is -1.84. The normalized spacial score (nSPS) is 17.2. The lowest BCUT2D eigenvalue weighted by Gasteiger charge is -2.19. The highest BCUT2D eigenvalue weighted by Gasteiger charge is 2.18. The number of hydrogen-bond donors (Lipinski definition) is 0. The third kappa shape index (κ3) is 2.70. The Morgan fingerprint density at radius 1 is 1.39 bits per heavy atom. The zero-order valence-electron chi connectivity index (χ0n) is 11.0. The van der Waals surface area contributed by atoms with E-state index >= 15 is 0 Å². The second-order valence-corrected chi connectivity index (χ2v) is 4.42. The summed E-state index contributed by atoms with van der Waals surface area (Å²) in [5, 5.41) is 0. The molecule has 0 atom stereocenters. The van der Waals surface area contributed by atoms with Crippen LogP contribution >= 0.6 is 0 Å². The van der Waals surface area contributed by atoms with Gasteiger partial charge in [-0.25, -0.2) is 4.79 Å². The van der Waals surface area contributed by atoms with Gasteiger partial charge in [-0.1, -0.05) is 18.2 Å². The Balaban J connectivity index is 2.16. The van der Waals surface area contributed by atoms with Gasteiger partial charge in [-0.15, -0.1) is 0 Å².